The minimum absolute atomic E-state index is 0.532. The molecule has 0 aliphatic heterocycles. The molecule has 0 aliphatic carbocycles. The van der Waals surface area contributed by atoms with Gasteiger partial charge in [-0.2, -0.15) is 0 Å². The van der Waals surface area contributed by atoms with E-state index in [9.17, 15) is 0 Å². The molecule has 2 aromatic heterocycles. The molecule has 2 heterocycles. The summed E-state index contributed by atoms with van der Waals surface area (Å²) in [6.45, 7) is 4.93. The molecule has 0 bridgehead atoms. The maximum atomic E-state index is 6.29. The van der Waals surface area contributed by atoms with Crippen molar-refractivity contribution in [1.29, 1.82) is 0 Å². The lowest BCUT2D eigenvalue weighted by Gasteiger charge is -2.06. The van der Waals surface area contributed by atoms with Gasteiger partial charge in [-0.05, 0) is 31.4 Å². The lowest BCUT2D eigenvalue weighted by molar-refractivity contribution is 0.991. The Kier molecular flexibility index (Phi) is 4.08. The second kappa shape index (κ2) is 6.00. The van der Waals surface area contributed by atoms with Crippen LogP contribution in [0.4, 0.5) is 5.95 Å². The van der Waals surface area contributed by atoms with Crippen molar-refractivity contribution in [2.24, 2.45) is 0 Å². The number of anilines is 1. The number of hydrogen-bond acceptors (Lipinski definition) is 4. The molecule has 1 N–H and O–H groups in total. The van der Waals surface area contributed by atoms with Crippen LogP contribution in [0.3, 0.4) is 0 Å². The van der Waals surface area contributed by atoms with Crippen LogP contribution in [0, 0.1) is 13.8 Å². The normalized spacial score (nSPS) is 11.0. The molecule has 0 aliphatic rings. The van der Waals surface area contributed by atoms with Crippen LogP contribution in [0.15, 0.2) is 30.3 Å². The average Bonchev–Trinajstić information content (AvgIpc) is 2.75. The third-order valence-electron chi connectivity index (χ3n) is 3.52. The summed E-state index contributed by atoms with van der Waals surface area (Å²) < 4.78 is 0. The van der Waals surface area contributed by atoms with Crippen molar-refractivity contribution < 1.29 is 0 Å². The number of halogens is 1. The number of aryl methyl sites for hydroxylation is 2. The van der Waals surface area contributed by atoms with Gasteiger partial charge in [0.05, 0.1) is 5.39 Å². The van der Waals surface area contributed by atoms with E-state index in [4.69, 9.17) is 11.6 Å². The van der Waals surface area contributed by atoms with Crippen LogP contribution in [0.5, 0.6) is 0 Å². The lowest BCUT2D eigenvalue weighted by atomic mass is 10.1. The monoisotopic (exact) mass is 317 g/mol. The summed E-state index contributed by atoms with van der Waals surface area (Å²) in [6.07, 6.45) is 0.933. The molecule has 21 heavy (non-hydrogen) atoms. The van der Waals surface area contributed by atoms with Gasteiger partial charge in [0.25, 0.3) is 0 Å². The molecular formula is C16H16ClN3S. The molecule has 0 radical (unpaired) electrons. The standard InChI is InChI=1S/C16H16ClN3S/c1-10-11(2)21-15-13(10)14(17)19-16(20-15)18-9-8-12-6-4-3-5-7-12/h3-7H,8-9H2,1-2H3,(H,18,19,20). The van der Waals surface area contributed by atoms with Crippen LogP contribution in [0.1, 0.15) is 16.0 Å². The number of fused-ring (bicyclic) bond motifs is 1. The van der Waals surface area contributed by atoms with E-state index in [1.807, 2.05) is 18.2 Å². The first kappa shape index (κ1) is 14.3. The van der Waals surface area contributed by atoms with Crippen molar-refractivity contribution in [2.75, 3.05) is 11.9 Å². The molecule has 0 unspecified atom stereocenters. The number of hydrogen-bond donors (Lipinski definition) is 1. The summed E-state index contributed by atoms with van der Waals surface area (Å²) in [6, 6.07) is 10.3. The van der Waals surface area contributed by atoms with Gasteiger partial charge in [0.15, 0.2) is 0 Å². The van der Waals surface area contributed by atoms with Crippen molar-refractivity contribution in [3.63, 3.8) is 0 Å². The summed E-state index contributed by atoms with van der Waals surface area (Å²) in [5.74, 6) is 0.602. The van der Waals surface area contributed by atoms with Gasteiger partial charge in [-0.1, -0.05) is 41.9 Å². The molecule has 1 aromatic carbocycles. The van der Waals surface area contributed by atoms with Crippen molar-refractivity contribution in [1.82, 2.24) is 9.97 Å². The average molecular weight is 318 g/mol. The van der Waals surface area contributed by atoms with E-state index in [0.717, 1.165) is 23.2 Å². The van der Waals surface area contributed by atoms with Gasteiger partial charge in [0.1, 0.15) is 9.98 Å². The Bertz CT molecular complexity index is 768. The third-order valence-corrected chi connectivity index (χ3v) is 4.90. The quantitative estimate of drug-likeness (QED) is 0.714. The fraction of sp³-hybridized carbons (Fsp3) is 0.250. The molecule has 0 spiro atoms. The Hall–Kier alpha value is -1.65. The Labute approximate surface area is 133 Å². The van der Waals surface area contributed by atoms with Crippen LogP contribution in [0.25, 0.3) is 10.2 Å². The molecule has 3 aromatic rings. The minimum Gasteiger partial charge on any atom is -0.354 e. The summed E-state index contributed by atoms with van der Waals surface area (Å²) in [5.41, 5.74) is 2.47. The van der Waals surface area contributed by atoms with E-state index in [-0.39, 0.29) is 0 Å². The Morgan fingerprint density at radius 2 is 1.90 bits per heavy atom. The third kappa shape index (κ3) is 3.01. The summed E-state index contributed by atoms with van der Waals surface area (Å²) in [5, 5.41) is 4.77. The molecule has 0 saturated heterocycles. The molecule has 3 rings (SSSR count). The van der Waals surface area contributed by atoms with E-state index < -0.39 is 0 Å². The highest BCUT2D eigenvalue weighted by atomic mass is 35.5. The predicted molar refractivity (Wildman–Crippen MR) is 90.5 cm³/mol. The highest BCUT2D eigenvalue weighted by Crippen LogP contribution is 2.33. The van der Waals surface area contributed by atoms with Gasteiger partial charge in [-0.3, -0.25) is 0 Å². The summed E-state index contributed by atoms with van der Waals surface area (Å²) in [7, 11) is 0. The SMILES string of the molecule is Cc1sc2nc(NCCc3ccccc3)nc(Cl)c2c1C. The van der Waals surface area contributed by atoms with Gasteiger partial charge >= 0.3 is 0 Å². The largest absolute Gasteiger partial charge is 0.354 e. The van der Waals surface area contributed by atoms with Crippen molar-refractivity contribution in [3.05, 3.63) is 51.5 Å². The Morgan fingerprint density at radius 1 is 1.14 bits per heavy atom. The number of nitrogens with zero attached hydrogens (tertiary/aromatic N) is 2. The zero-order chi connectivity index (χ0) is 14.8. The van der Waals surface area contributed by atoms with Gasteiger partial charge in [-0.15, -0.1) is 11.3 Å². The molecule has 3 nitrogen and oxygen atoms in total. The van der Waals surface area contributed by atoms with Gasteiger partial charge in [-0.25, -0.2) is 9.97 Å². The number of benzene rings is 1. The molecule has 0 saturated carbocycles. The summed E-state index contributed by atoms with van der Waals surface area (Å²) in [4.78, 5) is 11.1. The highest BCUT2D eigenvalue weighted by Gasteiger charge is 2.12. The van der Waals surface area contributed by atoms with E-state index in [1.165, 1.54) is 16.0 Å². The van der Waals surface area contributed by atoms with Crippen LogP contribution in [-0.4, -0.2) is 16.5 Å². The fourth-order valence-corrected chi connectivity index (χ4v) is 3.64. The maximum absolute atomic E-state index is 6.29. The number of aromatic nitrogens is 2. The van der Waals surface area contributed by atoms with Crippen molar-refractivity contribution in [2.45, 2.75) is 20.3 Å². The summed E-state index contributed by atoms with van der Waals surface area (Å²) >= 11 is 7.95. The van der Waals surface area contributed by atoms with Gasteiger partial charge in [0.2, 0.25) is 5.95 Å². The highest BCUT2D eigenvalue weighted by molar-refractivity contribution is 7.18. The first-order valence-corrected chi connectivity index (χ1v) is 8.05. The van der Waals surface area contributed by atoms with E-state index in [2.05, 4.69) is 41.3 Å². The van der Waals surface area contributed by atoms with Crippen LogP contribution < -0.4 is 5.32 Å². The van der Waals surface area contributed by atoms with Crippen LogP contribution in [-0.2, 0) is 6.42 Å². The predicted octanol–water partition coefficient (Wildman–Crippen LogP) is 4.62. The van der Waals surface area contributed by atoms with Gasteiger partial charge < -0.3 is 5.32 Å². The second-order valence-electron chi connectivity index (χ2n) is 4.96. The maximum Gasteiger partial charge on any atom is 0.225 e. The second-order valence-corrected chi connectivity index (χ2v) is 6.53. The topological polar surface area (TPSA) is 37.8 Å². The fourth-order valence-electron chi connectivity index (χ4n) is 2.24. The molecule has 0 atom stereocenters. The van der Waals surface area contributed by atoms with Crippen LogP contribution >= 0.6 is 22.9 Å². The van der Waals surface area contributed by atoms with Gasteiger partial charge in [0, 0.05) is 11.4 Å². The van der Waals surface area contributed by atoms with Crippen molar-refractivity contribution >= 4 is 39.1 Å². The Balaban J connectivity index is 1.76. The van der Waals surface area contributed by atoms with E-state index in [1.54, 1.807) is 11.3 Å². The van der Waals surface area contributed by atoms with E-state index in [0.29, 0.717) is 11.1 Å². The smallest absolute Gasteiger partial charge is 0.225 e. The number of nitrogens with one attached hydrogen (secondary N) is 1. The Morgan fingerprint density at radius 3 is 2.67 bits per heavy atom. The first-order chi connectivity index (χ1) is 10.1. The minimum atomic E-state index is 0.532. The number of thiophene rings is 1. The zero-order valence-corrected chi connectivity index (χ0v) is 13.6. The first-order valence-electron chi connectivity index (χ1n) is 6.86. The zero-order valence-electron chi connectivity index (χ0n) is 12.0. The molecule has 0 fully saturated rings. The molecule has 5 heteroatoms. The molecular weight excluding hydrogens is 302 g/mol. The lowest BCUT2D eigenvalue weighted by Crippen LogP contribution is -2.08. The molecule has 0 amide bonds. The molecule has 108 valence electrons. The van der Waals surface area contributed by atoms with Crippen molar-refractivity contribution in [3.8, 4) is 0 Å². The van der Waals surface area contributed by atoms with E-state index >= 15 is 0 Å². The number of rotatable bonds is 4. The van der Waals surface area contributed by atoms with Crippen LogP contribution in [0.2, 0.25) is 5.15 Å².